The number of rotatable bonds is 5. The number of hydrogen-bond donors (Lipinski definition) is 2. The van der Waals surface area contributed by atoms with Crippen LogP contribution in [0.15, 0.2) is 60.7 Å². The Labute approximate surface area is 155 Å². The molecule has 0 fully saturated rings. The minimum absolute atomic E-state index is 0.120. The van der Waals surface area contributed by atoms with E-state index in [1.165, 1.54) is 0 Å². The molecular formula is C19H17N5O3. The van der Waals surface area contributed by atoms with Gasteiger partial charge in [0.15, 0.2) is 6.61 Å². The molecule has 1 atom stereocenters. The van der Waals surface area contributed by atoms with Crippen molar-refractivity contribution < 1.29 is 14.3 Å². The van der Waals surface area contributed by atoms with Crippen molar-refractivity contribution >= 4 is 23.7 Å². The van der Waals surface area contributed by atoms with Crippen LogP contribution in [-0.4, -0.2) is 33.2 Å². The quantitative estimate of drug-likeness (QED) is 0.724. The Balaban J connectivity index is 1.48. The van der Waals surface area contributed by atoms with E-state index in [-0.39, 0.29) is 36.8 Å². The molecule has 2 aromatic carbocycles. The third-order valence-electron chi connectivity index (χ3n) is 4.11. The number of aromatic nitrogens is 3. The normalized spacial score (nSPS) is 15.6. The molecule has 3 aromatic rings. The summed E-state index contributed by atoms with van der Waals surface area (Å²) in [4.78, 5) is 28.3. The van der Waals surface area contributed by atoms with Gasteiger partial charge in [-0.25, -0.2) is 4.68 Å². The first-order chi connectivity index (χ1) is 13.2. The molecule has 0 aliphatic carbocycles. The van der Waals surface area contributed by atoms with E-state index >= 15 is 0 Å². The predicted molar refractivity (Wildman–Crippen MR) is 98.4 cm³/mol. The summed E-state index contributed by atoms with van der Waals surface area (Å²) in [5, 5.41) is 9.62. The molecule has 136 valence electrons. The predicted octanol–water partition coefficient (Wildman–Crippen LogP) is 2.23. The van der Waals surface area contributed by atoms with Gasteiger partial charge in [0.25, 0.3) is 11.9 Å². The zero-order valence-electron chi connectivity index (χ0n) is 14.3. The molecular weight excluding hydrogens is 346 g/mol. The second kappa shape index (κ2) is 7.28. The molecule has 2 amide bonds. The van der Waals surface area contributed by atoms with Crippen LogP contribution in [0.2, 0.25) is 0 Å². The Kier molecular flexibility index (Phi) is 4.52. The van der Waals surface area contributed by atoms with Crippen LogP contribution < -0.4 is 15.4 Å². The van der Waals surface area contributed by atoms with E-state index in [4.69, 9.17) is 4.74 Å². The first-order valence-electron chi connectivity index (χ1n) is 8.48. The van der Waals surface area contributed by atoms with Gasteiger partial charge in [-0.2, -0.15) is 4.98 Å². The number of benzene rings is 2. The fourth-order valence-electron chi connectivity index (χ4n) is 2.88. The van der Waals surface area contributed by atoms with Crippen LogP contribution in [0.3, 0.4) is 0 Å². The van der Waals surface area contributed by atoms with Gasteiger partial charge in [-0.3, -0.25) is 20.2 Å². The molecule has 1 aliphatic rings. The van der Waals surface area contributed by atoms with Crippen LogP contribution in [0, 0.1) is 0 Å². The van der Waals surface area contributed by atoms with Gasteiger partial charge in [0.05, 0.1) is 12.5 Å². The number of amides is 2. The van der Waals surface area contributed by atoms with E-state index in [1.807, 2.05) is 48.5 Å². The van der Waals surface area contributed by atoms with Crippen molar-refractivity contribution in [2.75, 3.05) is 17.2 Å². The van der Waals surface area contributed by atoms with E-state index in [1.54, 1.807) is 16.8 Å². The van der Waals surface area contributed by atoms with Crippen LogP contribution in [0.5, 0.6) is 5.75 Å². The highest BCUT2D eigenvalue weighted by Gasteiger charge is 2.29. The average Bonchev–Trinajstić information content (AvgIpc) is 3.09. The van der Waals surface area contributed by atoms with Gasteiger partial charge in [0.2, 0.25) is 11.9 Å². The maximum Gasteiger partial charge on any atom is 0.264 e. The molecule has 2 N–H and O–H groups in total. The summed E-state index contributed by atoms with van der Waals surface area (Å²) in [6.07, 6.45) is 0.255. The molecule has 1 aliphatic heterocycles. The van der Waals surface area contributed by atoms with Crippen LogP contribution in [-0.2, 0) is 9.59 Å². The van der Waals surface area contributed by atoms with E-state index in [0.717, 1.165) is 5.56 Å². The maximum atomic E-state index is 12.1. The number of hydrogen-bond acceptors (Lipinski definition) is 5. The molecule has 4 rings (SSSR count). The average molecular weight is 363 g/mol. The topological polar surface area (TPSA) is 98.1 Å². The lowest BCUT2D eigenvalue weighted by Crippen LogP contribution is -2.29. The zero-order valence-corrected chi connectivity index (χ0v) is 14.3. The van der Waals surface area contributed by atoms with Crippen molar-refractivity contribution in [1.29, 1.82) is 0 Å². The third-order valence-corrected chi connectivity index (χ3v) is 4.11. The number of anilines is 2. The van der Waals surface area contributed by atoms with E-state index in [0.29, 0.717) is 11.7 Å². The van der Waals surface area contributed by atoms with Crippen molar-refractivity contribution in [2.45, 2.75) is 12.5 Å². The highest BCUT2D eigenvalue weighted by atomic mass is 16.5. The molecule has 0 bridgehead atoms. The second-order valence-electron chi connectivity index (χ2n) is 6.03. The first-order valence-corrected chi connectivity index (χ1v) is 8.48. The number of ether oxygens (including phenoxy) is 1. The van der Waals surface area contributed by atoms with E-state index in [2.05, 4.69) is 20.7 Å². The fourth-order valence-corrected chi connectivity index (χ4v) is 2.88. The second-order valence-corrected chi connectivity index (χ2v) is 6.03. The largest absolute Gasteiger partial charge is 0.484 e. The third kappa shape index (κ3) is 3.79. The molecule has 8 heteroatoms. The SMILES string of the molecule is O=C(COc1ccccc1)Nc1nc2n(n1)C(c1ccccc1)CC(=O)N2. The lowest BCUT2D eigenvalue weighted by Gasteiger charge is -2.23. The molecule has 0 radical (unpaired) electrons. The van der Waals surface area contributed by atoms with Gasteiger partial charge < -0.3 is 4.74 Å². The summed E-state index contributed by atoms with van der Waals surface area (Å²) in [7, 11) is 0. The molecule has 8 nitrogen and oxygen atoms in total. The standard InChI is InChI=1S/C19H17N5O3/c25-16-11-15(13-7-3-1-4-8-13)24-19(21-16)22-18(23-24)20-17(26)12-27-14-9-5-2-6-10-14/h1-10,15H,11-12H2,(H2,20,21,22,23,25,26). The highest BCUT2D eigenvalue weighted by molar-refractivity contribution is 5.93. The summed E-state index contributed by atoms with van der Waals surface area (Å²) >= 11 is 0. The van der Waals surface area contributed by atoms with Gasteiger partial charge in [0, 0.05) is 0 Å². The lowest BCUT2D eigenvalue weighted by molar-refractivity contribution is -0.118. The van der Waals surface area contributed by atoms with Crippen LogP contribution in [0.1, 0.15) is 18.0 Å². The zero-order chi connectivity index (χ0) is 18.6. The molecule has 27 heavy (non-hydrogen) atoms. The minimum atomic E-state index is -0.385. The Morgan fingerprint density at radius 2 is 1.85 bits per heavy atom. The number of nitrogens with one attached hydrogen (secondary N) is 2. The first kappa shape index (κ1) is 16.8. The molecule has 0 saturated carbocycles. The molecule has 2 heterocycles. The van der Waals surface area contributed by atoms with Gasteiger partial charge in [-0.15, -0.1) is 5.10 Å². The number of para-hydroxylation sites is 1. The smallest absolute Gasteiger partial charge is 0.264 e. The summed E-state index contributed by atoms with van der Waals surface area (Å²) < 4.78 is 7.02. The Bertz CT molecular complexity index is 956. The number of nitrogens with zero attached hydrogens (tertiary/aromatic N) is 3. The maximum absolute atomic E-state index is 12.1. The van der Waals surface area contributed by atoms with Crippen molar-refractivity contribution in [3.05, 3.63) is 66.2 Å². The van der Waals surface area contributed by atoms with Gasteiger partial charge in [-0.1, -0.05) is 48.5 Å². The Hall–Kier alpha value is -3.68. The highest BCUT2D eigenvalue weighted by Crippen LogP contribution is 2.29. The Morgan fingerprint density at radius 3 is 2.59 bits per heavy atom. The van der Waals surface area contributed by atoms with Gasteiger partial charge in [-0.05, 0) is 17.7 Å². The Morgan fingerprint density at radius 1 is 1.15 bits per heavy atom. The van der Waals surface area contributed by atoms with Gasteiger partial charge in [0.1, 0.15) is 5.75 Å². The fraction of sp³-hybridized carbons (Fsp3) is 0.158. The van der Waals surface area contributed by atoms with Crippen LogP contribution in [0.25, 0.3) is 0 Å². The monoisotopic (exact) mass is 363 g/mol. The van der Waals surface area contributed by atoms with E-state index < -0.39 is 0 Å². The minimum Gasteiger partial charge on any atom is -0.484 e. The van der Waals surface area contributed by atoms with Gasteiger partial charge >= 0.3 is 0 Å². The lowest BCUT2D eigenvalue weighted by atomic mass is 10.0. The number of fused-ring (bicyclic) bond motifs is 1. The van der Waals surface area contributed by atoms with Crippen molar-refractivity contribution in [2.24, 2.45) is 0 Å². The van der Waals surface area contributed by atoms with Crippen molar-refractivity contribution in [3.63, 3.8) is 0 Å². The summed E-state index contributed by atoms with van der Waals surface area (Å²) in [5.41, 5.74) is 0.948. The van der Waals surface area contributed by atoms with Crippen LogP contribution >= 0.6 is 0 Å². The molecule has 0 saturated heterocycles. The molecule has 0 spiro atoms. The number of carbonyl (C=O) groups excluding carboxylic acids is 2. The number of carbonyl (C=O) groups is 2. The van der Waals surface area contributed by atoms with Crippen LogP contribution in [0.4, 0.5) is 11.9 Å². The summed E-state index contributed by atoms with van der Waals surface area (Å²) in [6, 6.07) is 18.4. The molecule has 1 aromatic heterocycles. The van der Waals surface area contributed by atoms with Crippen molar-refractivity contribution in [1.82, 2.24) is 14.8 Å². The summed E-state index contributed by atoms with van der Waals surface area (Å²) in [5.74, 6) is 0.494. The molecule has 1 unspecified atom stereocenters. The van der Waals surface area contributed by atoms with Crippen molar-refractivity contribution in [3.8, 4) is 5.75 Å². The van der Waals surface area contributed by atoms with E-state index in [9.17, 15) is 9.59 Å². The summed E-state index contributed by atoms with van der Waals surface area (Å²) in [6.45, 7) is -0.164.